The van der Waals surface area contributed by atoms with Gasteiger partial charge in [0.05, 0.1) is 12.5 Å². The normalized spacial score (nSPS) is 16.8. The second kappa shape index (κ2) is 7.83. The average molecular weight is 330 g/mol. The van der Waals surface area contributed by atoms with Crippen LogP contribution in [0.2, 0.25) is 0 Å². The highest BCUT2D eigenvalue weighted by atomic mass is 19.1. The van der Waals surface area contributed by atoms with Gasteiger partial charge in [-0.15, -0.1) is 10.2 Å². The van der Waals surface area contributed by atoms with Crippen LogP contribution in [0.3, 0.4) is 0 Å². The minimum absolute atomic E-state index is 0.0818. The van der Waals surface area contributed by atoms with E-state index < -0.39 is 0 Å². The molecule has 0 aliphatic carbocycles. The molecule has 126 valence electrons. The number of benzene rings is 1. The molecule has 1 aromatic carbocycles. The van der Waals surface area contributed by atoms with Crippen LogP contribution in [0.1, 0.15) is 18.4 Å². The number of anilines is 2. The Morgan fingerprint density at radius 3 is 2.79 bits per heavy atom. The van der Waals surface area contributed by atoms with Gasteiger partial charge >= 0.3 is 0 Å². The molecule has 0 radical (unpaired) electrons. The van der Waals surface area contributed by atoms with E-state index in [4.69, 9.17) is 4.74 Å². The number of nitrogens with one attached hydrogen (secondary N) is 2. The Labute approximate surface area is 139 Å². The minimum atomic E-state index is -0.359. The molecule has 0 spiro atoms. The van der Waals surface area contributed by atoms with Gasteiger partial charge in [-0.3, -0.25) is 4.79 Å². The highest BCUT2D eigenvalue weighted by molar-refractivity contribution is 5.91. The predicted octanol–water partition coefficient (Wildman–Crippen LogP) is 2.39. The molecule has 6 nitrogen and oxygen atoms in total. The molecule has 2 heterocycles. The number of halogens is 1. The first kappa shape index (κ1) is 16.3. The lowest BCUT2D eigenvalue weighted by atomic mass is 10.1. The van der Waals surface area contributed by atoms with Crippen LogP contribution in [0.5, 0.6) is 0 Å². The van der Waals surface area contributed by atoms with Crippen LogP contribution in [-0.4, -0.2) is 35.4 Å². The SMILES string of the molecule is O=C(Cc1cccc(F)c1)Nc1ccc(NCC2CCCO2)nn1. The Morgan fingerprint density at radius 2 is 2.08 bits per heavy atom. The van der Waals surface area contributed by atoms with E-state index in [-0.39, 0.29) is 24.2 Å². The van der Waals surface area contributed by atoms with E-state index in [1.165, 1.54) is 12.1 Å². The number of carbonyl (C=O) groups excluding carboxylic acids is 1. The van der Waals surface area contributed by atoms with E-state index in [0.29, 0.717) is 23.7 Å². The third kappa shape index (κ3) is 4.73. The summed E-state index contributed by atoms with van der Waals surface area (Å²) in [7, 11) is 0. The molecule has 1 fully saturated rings. The maximum Gasteiger partial charge on any atom is 0.229 e. The summed E-state index contributed by atoms with van der Waals surface area (Å²) in [5, 5.41) is 13.8. The van der Waals surface area contributed by atoms with Gasteiger partial charge in [0, 0.05) is 13.2 Å². The molecule has 1 atom stereocenters. The van der Waals surface area contributed by atoms with E-state index in [2.05, 4.69) is 20.8 Å². The van der Waals surface area contributed by atoms with Gasteiger partial charge in [-0.2, -0.15) is 0 Å². The van der Waals surface area contributed by atoms with Gasteiger partial charge in [-0.25, -0.2) is 4.39 Å². The van der Waals surface area contributed by atoms with Gasteiger partial charge in [-0.1, -0.05) is 12.1 Å². The lowest BCUT2D eigenvalue weighted by molar-refractivity contribution is -0.115. The van der Waals surface area contributed by atoms with Crippen LogP contribution in [0.15, 0.2) is 36.4 Å². The number of hydrogen-bond donors (Lipinski definition) is 2. The molecule has 24 heavy (non-hydrogen) atoms. The summed E-state index contributed by atoms with van der Waals surface area (Å²) in [6.45, 7) is 1.51. The van der Waals surface area contributed by atoms with Gasteiger partial charge in [0.2, 0.25) is 5.91 Å². The standard InChI is InChI=1S/C17H19FN4O2/c18-13-4-1-3-12(9-13)10-17(23)20-16-7-6-15(21-22-16)19-11-14-5-2-8-24-14/h1,3-4,6-7,9,14H,2,5,8,10-11H2,(H,19,21)(H,20,22,23). The third-order valence-electron chi connectivity index (χ3n) is 3.72. The van der Waals surface area contributed by atoms with E-state index in [1.807, 2.05) is 0 Å². The lowest BCUT2D eigenvalue weighted by Gasteiger charge is -2.11. The average Bonchev–Trinajstić information content (AvgIpc) is 3.07. The van der Waals surface area contributed by atoms with Crippen molar-refractivity contribution in [3.8, 4) is 0 Å². The molecule has 2 aromatic rings. The summed E-state index contributed by atoms with van der Waals surface area (Å²) >= 11 is 0. The summed E-state index contributed by atoms with van der Waals surface area (Å²) in [4.78, 5) is 11.9. The Morgan fingerprint density at radius 1 is 1.25 bits per heavy atom. The number of hydrogen-bond acceptors (Lipinski definition) is 5. The fourth-order valence-corrected chi connectivity index (χ4v) is 2.54. The Bertz CT molecular complexity index is 687. The number of nitrogens with zero attached hydrogens (tertiary/aromatic N) is 2. The number of amides is 1. The maximum absolute atomic E-state index is 13.1. The number of rotatable bonds is 6. The van der Waals surface area contributed by atoms with Crippen molar-refractivity contribution < 1.29 is 13.9 Å². The van der Waals surface area contributed by atoms with Gasteiger partial charge in [0.1, 0.15) is 11.6 Å². The quantitative estimate of drug-likeness (QED) is 0.850. The summed E-state index contributed by atoms with van der Waals surface area (Å²) in [6, 6.07) is 9.38. The van der Waals surface area contributed by atoms with Crippen LogP contribution in [0, 0.1) is 5.82 Å². The Balaban J connectivity index is 1.49. The van der Waals surface area contributed by atoms with Crippen molar-refractivity contribution in [1.29, 1.82) is 0 Å². The maximum atomic E-state index is 13.1. The molecular formula is C17H19FN4O2. The van der Waals surface area contributed by atoms with Gasteiger partial charge in [0.25, 0.3) is 0 Å². The van der Waals surface area contributed by atoms with Gasteiger partial charge < -0.3 is 15.4 Å². The Kier molecular flexibility index (Phi) is 5.32. The number of carbonyl (C=O) groups is 1. The van der Waals surface area contributed by atoms with Crippen LogP contribution >= 0.6 is 0 Å². The van der Waals surface area contributed by atoms with Crippen LogP contribution < -0.4 is 10.6 Å². The highest BCUT2D eigenvalue weighted by Gasteiger charge is 2.15. The van der Waals surface area contributed by atoms with Crippen molar-refractivity contribution in [1.82, 2.24) is 10.2 Å². The monoisotopic (exact) mass is 330 g/mol. The second-order valence-electron chi connectivity index (χ2n) is 5.67. The van der Waals surface area contributed by atoms with Crippen molar-refractivity contribution in [2.75, 3.05) is 23.8 Å². The molecule has 1 saturated heterocycles. The molecule has 7 heteroatoms. The largest absolute Gasteiger partial charge is 0.376 e. The summed E-state index contributed by atoms with van der Waals surface area (Å²) in [5.74, 6) is 0.365. The molecule has 1 amide bonds. The van der Waals surface area contributed by atoms with Crippen LogP contribution in [0.25, 0.3) is 0 Å². The molecule has 3 rings (SSSR count). The summed E-state index contributed by atoms with van der Waals surface area (Å²) in [5.41, 5.74) is 0.607. The van der Waals surface area contributed by atoms with Crippen molar-refractivity contribution in [3.63, 3.8) is 0 Å². The molecule has 2 N–H and O–H groups in total. The molecule has 1 aliphatic heterocycles. The molecule has 1 aliphatic rings. The zero-order valence-corrected chi connectivity index (χ0v) is 13.2. The molecule has 0 bridgehead atoms. The number of aromatic nitrogens is 2. The molecule has 0 saturated carbocycles. The molecule has 1 unspecified atom stereocenters. The van der Waals surface area contributed by atoms with Crippen LogP contribution in [-0.2, 0) is 16.0 Å². The zero-order valence-electron chi connectivity index (χ0n) is 13.2. The molecular weight excluding hydrogens is 311 g/mol. The Hall–Kier alpha value is -2.54. The second-order valence-corrected chi connectivity index (χ2v) is 5.67. The summed E-state index contributed by atoms with van der Waals surface area (Å²) < 4.78 is 18.6. The first-order chi connectivity index (χ1) is 11.7. The van der Waals surface area contributed by atoms with Crippen LogP contribution in [0.4, 0.5) is 16.0 Å². The topological polar surface area (TPSA) is 76.1 Å². The van der Waals surface area contributed by atoms with Crippen molar-refractivity contribution >= 4 is 17.5 Å². The lowest BCUT2D eigenvalue weighted by Crippen LogP contribution is -2.19. The van der Waals surface area contributed by atoms with Crippen molar-refractivity contribution in [2.45, 2.75) is 25.4 Å². The summed E-state index contributed by atoms with van der Waals surface area (Å²) in [6.07, 6.45) is 2.44. The van der Waals surface area contributed by atoms with Gasteiger partial charge in [-0.05, 0) is 42.7 Å². The van der Waals surface area contributed by atoms with Gasteiger partial charge in [0.15, 0.2) is 5.82 Å². The fraction of sp³-hybridized carbons (Fsp3) is 0.353. The van der Waals surface area contributed by atoms with Crippen molar-refractivity contribution in [3.05, 3.63) is 47.8 Å². The minimum Gasteiger partial charge on any atom is -0.376 e. The van der Waals surface area contributed by atoms with E-state index in [1.54, 1.807) is 24.3 Å². The van der Waals surface area contributed by atoms with E-state index >= 15 is 0 Å². The first-order valence-corrected chi connectivity index (χ1v) is 7.92. The first-order valence-electron chi connectivity index (χ1n) is 7.92. The number of ether oxygens (including phenoxy) is 1. The van der Waals surface area contributed by atoms with E-state index in [0.717, 1.165) is 19.4 Å². The fourth-order valence-electron chi connectivity index (χ4n) is 2.54. The van der Waals surface area contributed by atoms with Crippen molar-refractivity contribution in [2.24, 2.45) is 0 Å². The highest BCUT2D eigenvalue weighted by Crippen LogP contribution is 2.13. The zero-order chi connectivity index (χ0) is 16.8. The van der Waals surface area contributed by atoms with E-state index in [9.17, 15) is 9.18 Å². The predicted molar refractivity (Wildman–Crippen MR) is 88.2 cm³/mol. The molecule has 1 aromatic heterocycles. The third-order valence-corrected chi connectivity index (χ3v) is 3.72. The smallest absolute Gasteiger partial charge is 0.229 e.